The lowest BCUT2D eigenvalue weighted by Crippen LogP contribution is -2.24. The highest BCUT2D eigenvalue weighted by Gasteiger charge is 2.16. The van der Waals surface area contributed by atoms with Crippen LogP contribution >= 0.6 is 0 Å². The molecule has 0 heterocycles. The Kier molecular flexibility index (Phi) is 7.67. The fourth-order valence-corrected chi connectivity index (χ4v) is 2.70. The minimum atomic E-state index is -3.63. The molecule has 7 heteroatoms. The molecule has 0 bridgehead atoms. The van der Waals surface area contributed by atoms with E-state index in [-0.39, 0.29) is 38.0 Å². The summed E-state index contributed by atoms with van der Waals surface area (Å²) < 4.78 is 38.6. The molecular formula is C16H24O6S. The molecule has 0 radical (unpaired) electrons. The van der Waals surface area contributed by atoms with Crippen LogP contribution in [0.5, 0.6) is 0 Å². The Bertz CT molecular complexity index is 574. The molecule has 1 aromatic rings. The first-order chi connectivity index (χ1) is 10.7. The monoisotopic (exact) mass is 344 g/mol. The number of ether oxygens (including phenoxy) is 2. The Morgan fingerprint density at radius 1 is 1.04 bits per heavy atom. The first-order valence-corrected chi connectivity index (χ1v) is 8.96. The number of hydrogen-bond acceptors (Lipinski definition) is 6. The zero-order valence-corrected chi connectivity index (χ0v) is 14.6. The minimum absolute atomic E-state index is 0.0799. The summed E-state index contributed by atoms with van der Waals surface area (Å²) in [7, 11) is -3.63. The van der Waals surface area contributed by atoms with Gasteiger partial charge in [0.15, 0.2) is 0 Å². The normalized spacial score (nSPS) is 12.1. The molecule has 1 rings (SSSR count). The second-order valence-corrected chi connectivity index (χ2v) is 7.60. The number of carbonyl (C=O) groups excluding carboxylic acids is 1. The van der Waals surface area contributed by atoms with E-state index in [4.69, 9.17) is 13.7 Å². The third kappa shape index (κ3) is 10.0. The lowest BCUT2D eigenvalue weighted by molar-refractivity contribution is -0.156. The second kappa shape index (κ2) is 9.00. The van der Waals surface area contributed by atoms with Gasteiger partial charge < -0.3 is 9.47 Å². The number of carbonyl (C=O) groups is 1. The van der Waals surface area contributed by atoms with E-state index in [0.29, 0.717) is 5.56 Å². The lowest BCUT2D eigenvalue weighted by atomic mass is 10.2. The quantitative estimate of drug-likeness (QED) is 0.388. The predicted octanol–water partition coefficient (Wildman–Crippen LogP) is 2.28. The molecule has 0 aliphatic heterocycles. The summed E-state index contributed by atoms with van der Waals surface area (Å²) in [4.78, 5) is 11.4. The molecule has 1 aromatic carbocycles. The standard InChI is InChI=1S/C16H24O6S/c1-16(2,3)22-15(17)9-10-20-11-12-21-23(18,19)13-14-7-5-4-6-8-14/h4-8H,9-13H2,1-3H3. The van der Waals surface area contributed by atoms with Crippen molar-refractivity contribution in [2.75, 3.05) is 19.8 Å². The van der Waals surface area contributed by atoms with Crippen LogP contribution in [0, 0.1) is 0 Å². The third-order valence-electron chi connectivity index (χ3n) is 2.55. The molecule has 0 fully saturated rings. The number of benzene rings is 1. The molecule has 0 amide bonds. The van der Waals surface area contributed by atoms with E-state index in [1.54, 1.807) is 45.0 Å². The smallest absolute Gasteiger partial charge is 0.308 e. The lowest BCUT2D eigenvalue weighted by Gasteiger charge is -2.19. The van der Waals surface area contributed by atoms with Crippen molar-refractivity contribution in [2.24, 2.45) is 0 Å². The molecule has 0 saturated heterocycles. The highest BCUT2D eigenvalue weighted by atomic mass is 32.2. The maximum atomic E-state index is 11.7. The summed E-state index contributed by atoms with van der Waals surface area (Å²) in [6, 6.07) is 8.79. The summed E-state index contributed by atoms with van der Waals surface area (Å²) in [6.45, 7) is 5.54. The summed E-state index contributed by atoms with van der Waals surface area (Å²) in [6.07, 6.45) is 0.119. The van der Waals surface area contributed by atoms with Crippen LogP contribution in [-0.2, 0) is 34.3 Å². The van der Waals surface area contributed by atoms with Crippen molar-refractivity contribution < 1.29 is 26.9 Å². The fourth-order valence-electron chi connectivity index (χ4n) is 1.69. The van der Waals surface area contributed by atoms with Gasteiger partial charge in [-0.2, -0.15) is 8.42 Å². The number of rotatable bonds is 9. The molecule has 0 aromatic heterocycles. The SMILES string of the molecule is CC(C)(C)OC(=O)CCOCCOS(=O)(=O)Cc1ccccc1. The largest absolute Gasteiger partial charge is 0.460 e. The van der Waals surface area contributed by atoms with Crippen LogP contribution in [0.3, 0.4) is 0 Å². The molecule has 0 aliphatic carbocycles. The Morgan fingerprint density at radius 2 is 1.70 bits per heavy atom. The zero-order valence-electron chi connectivity index (χ0n) is 13.8. The molecule has 23 heavy (non-hydrogen) atoms. The molecule has 0 N–H and O–H groups in total. The topological polar surface area (TPSA) is 78.9 Å². The highest BCUT2D eigenvalue weighted by molar-refractivity contribution is 7.85. The van der Waals surface area contributed by atoms with Gasteiger partial charge in [-0.3, -0.25) is 8.98 Å². The molecule has 0 spiro atoms. The van der Waals surface area contributed by atoms with Gasteiger partial charge in [-0.05, 0) is 26.3 Å². The van der Waals surface area contributed by atoms with Gasteiger partial charge in [0.05, 0.1) is 26.2 Å². The van der Waals surface area contributed by atoms with Gasteiger partial charge in [-0.1, -0.05) is 30.3 Å². The van der Waals surface area contributed by atoms with Crippen LogP contribution in [-0.4, -0.2) is 39.8 Å². The van der Waals surface area contributed by atoms with Crippen molar-refractivity contribution in [3.63, 3.8) is 0 Å². The van der Waals surface area contributed by atoms with Crippen molar-refractivity contribution in [3.8, 4) is 0 Å². The van der Waals surface area contributed by atoms with Crippen molar-refractivity contribution >= 4 is 16.1 Å². The van der Waals surface area contributed by atoms with Gasteiger partial charge in [-0.15, -0.1) is 0 Å². The van der Waals surface area contributed by atoms with E-state index in [9.17, 15) is 13.2 Å². The molecule has 0 saturated carbocycles. The van der Waals surface area contributed by atoms with Crippen molar-refractivity contribution in [1.29, 1.82) is 0 Å². The second-order valence-electron chi connectivity index (χ2n) is 5.96. The summed E-state index contributed by atoms with van der Waals surface area (Å²) in [5.74, 6) is -0.527. The van der Waals surface area contributed by atoms with Crippen LogP contribution in [0.2, 0.25) is 0 Å². The van der Waals surface area contributed by atoms with E-state index in [0.717, 1.165) is 0 Å². The highest BCUT2D eigenvalue weighted by Crippen LogP contribution is 2.08. The van der Waals surface area contributed by atoms with E-state index >= 15 is 0 Å². The summed E-state index contributed by atoms with van der Waals surface area (Å²) in [5.41, 5.74) is 0.143. The number of hydrogen-bond donors (Lipinski definition) is 0. The van der Waals surface area contributed by atoms with Crippen LogP contribution in [0.4, 0.5) is 0 Å². The number of esters is 1. The van der Waals surface area contributed by atoms with E-state index in [1.165, 1.54) is 0 Å². The van der Waals surface area contributed by atoms with Crippen molar-refractivity contribution in [2.45, 2.75) is 38.5 Å². The van der Waals surface area contributed by atoms with Crippen LogP contribution in [0.25, 0.3) is 0 Å². The van der Waals surface area contributed by atoms with Gasteiger partial charge in [0, 0.05) is 0 Å². The van der Waals surface area contributed by atoms with Gasteiger partial charge in [0.1, 0.15) is 11.4 Å². The first-order valence-electron chi connectivity index (χ1n) is 7.38. The van der Waals surface area contributed by atoms with Crippen LogP contribution in [0.15, 0.2) is 30.3 Å². The summed E-state index contributed by atoms with van der Waals surface area (Å²) >= 11 is 0. The zero-order chi connectivity index (χ0) is 17.3. The Morgan fingerprint density at radius 3 is 2.30 bits per heavy atom. The Labute approximate surface area is 137 Å². The third-order valence-corrected chi connectivity index (χ3v) is 3.76. The minimum Gasteiger partial charge on any atom is -0.460 e. The van der Waals surface area contributed by atoms with Gasteiger partial charge in [0.2, 0.25) is 0 Å². The van der Waals surface area contributed by atoms with Gasteiger partial charge >= 0.3 is 5.97 Å². The van der Waals surface area contributed by atoms with E-state index in [2.05, 4.69) is 0 Å². The fraction of sp³-hybridized carbons (Fsp3) is 0.562. The molecule has 0 atom stereocenters. The molecule has 0 aliphatic rings. The first kappa shape index (κ1) is 19.6. The van der Waals surface area contributed by atoms with Gasteiger partial charge in [-0.25, -0.2) is 0 Å². The van der Waals surface area contributed by atoms with E-state index < -0.39 is 15.7 Å². The predicted molar refractivity (Wildman–Crippen MR) is 86.3 cm³/mol. The maximum Gasteiger partial charge on any atom is 0.308 e. The Hall–Kier alpha value is -1.44. The van der Waals surface area contributed by atoms with Gasteiger partial charge in [0.25, 0.3) is 10.1 Å². The molecular weight excluding hydrogens is 320 g/mol. The molecule has 130 valence electrons. The van der Waals surface area contributed by atoms with E-state index in [1.807, 2.05) is 6.07 Å². The van der Waals surface area contributed by atoms with Crippen LogP contribution in [0.1, 0.15) is 32.8 Å². The Balaban J connectivity index is 2.16. The van der Waals surface area contributed by atoms with Crippen molar-refractivity contribution in [1.82, 2.24) is 0 Å². The summed E-state index contributed by atoms with van der Waals surface area (Å²) in [5, 5.41) is 0. The average Bonchev–Trinajstić information content (AvgIpc) is 2.41. The molecule has 0 unspecified atom stereocenters. The van der Waals surface area contributed by atoms with Crippen LogP contribution < -0.4 is 0 Å². The maximum absolute atomic E-state index is 11.7. The van der Waals surface area contributed by atoms with Crippen molar-refractivity contribution in [3.05, 3.63) is 35.9 Å². The average molecular weight is 344 g/mol. The molecule has 6 nitrogen and oxygen atoms in total.